The Bertz CT molecular complexity index is 566. The molecule has 1 fully saturated rings. The number of quaternary nitrogens is 1. The lowest BCUT2D eigenvalue weighted by atomic mass is 10.2. The molecule has 3 N–H and O–H groups in total. The second-order valence-corrected chi connectivity index (χ2v) is 9.78. The third-order valence-corrected chi connectivity index (χ3v) is 8.43. The molecule has 1 heterocycles. The van der Waals surface area contributed by atoms with Gasteiger partial charge in [0, 0.05) is 23.5 Å². The fourth-order valence-electron chi connectivity index (χ4n) is 2.89. The van der Waals surface area contributed by atoms with Gasteiger partial charge in [0.05, 0.1) is 25.3 Å². The Labute approximate surface area is 132 Å². The third-order valence-electron chi connectivity index (χ3n) is 4.09. The highest BCUT2D eigenvalue weighted by Crippen LogP contribution is 2.38. The molecule has 0 aliphatic carbocycles. The van der Waals surface area contributed by atoms with Gasteiger partial charge in [-0.25, -0.2) is 0 Å². The summed E-state index contributed by atoms with van der Waals surface area (Å²) in [6.07, 6.45) is 0.710. The van der Waals surface area contributed by atoms with Crippen molar-refractivity contribution in [2.24, 2.45) is 0 Å². The summed E-state index contributed by atoms with van der Waals surface area (Å²) in [5, 5.41) is 8.72. The Morgan fingerprint density at radius 2 is 1.57 bits per heavy atom. The monoisotopic (exact) mass is 317 g/mol. The van der Waals surface area contributed by atoms with Gasteiger partial charge in [0.25, 0.3) is 0 Å². The van der Waals surface area contributed by atoms with Crippen molar-refractivity contribution in [3.63, 3.8) is 0 Å². The minimum Gasteiger partial charge on any atom is -0.343 e. The van der Waals surface area contributed by atoms with Gasteiger partial charge < -0.3 is 5.32 Å². The molecule has 1 aliphatic heterocycles. The van der Waals surface area contributed by atoms with E-state index in [0.29, 0.717) is 6.04 Å². The fourth-order valence-corrected chi connectivity index (χ4v) is 6.18. The van der Waals surface area contributed by atoms with Gasteiger partial charge in [-0.15, -0.1) is 0 Å². The summed E-state index contributed by atoms with van der Waals surface area (Å²) in [6, 6.07) is 21.8. The first kappa shape index (κ1) is 14.9. The maximum Gasteiger partial charge on any atom is 0.0991 e. The van der Waals surface area contributed by atoms with Gasteiger partial charge in [-0.1, -0.05) is 72.5 Å². The first-order valence-corrected chi connectivity index (χ1v) is 10.4. The number of hydrogen-bond acceptors (Lipinski definition) is 1. The minimum absolute atomic E-state index is 0.680. The average Bonchev–Trinajstić information content (AvgIpc) is 3.08. The molecule has 110 valence electrons. The highest BCUT2D eigenvalue weighted by Gasteiger charge is 2.25. The SMILES string of the molecule is S=P(NCC1CCC[NH2+]1)(c1ccccc1)c1ccccc1. The zero-order chi connectivity index (χ0) is 14.5. The molecule has 0 amide bonds. The van der Waals surface area contributed by atoms with Gasteiger partial charge in [0.2, 0.25) is 0 Å². The zero-order valence-electron chi connectivity index (χ0n) is 12.1. The molecule has 1 saturated heterocycles. The predicted octanol–water partition coefficient (Wildman–Crippen LogP) is 1.35. The molecule has 3 rings (SSSR count). The van der Waals surface area contributed by atoms with Crippen LogP contribution in [0.4, 0.5) is 0 Å². The molecule has 0 saturated carbocycles. The molecule has 1 unspecified atom stereocenters. The molecular weight excluding hydrogens is 295 g/mol. The predicted molar refractivity (Wildman–Crippen MR) is 94.3 cm³/mol. The molecule has 2 nitrogen and oxygen atoms in total. The van der Waals surface area contributed by atoms with Crippen LogP contribution >= 0.6 is 6.19 Å². The lowest BCUT2D eigenvalue weighted by Gasteiger charge is -2.25. The summed E-state index contributed by atoms with van der Waals surface area (Å²) in [5.41, 5.74) is 0. The van der Waals surface area contributed by atoms with Gasteiger partial charge in [-0.05, 0) is 0 Å². The summed E-state index contributed by atoms with van der Waals surface area (Å²) >= 11 is 6.16. The number of rotatable bonds is 5. The van der Waals surface area contributed by atoms with Crippen molar-refractivity contribution in [1.82, 2.24) is 5.09 Å². The van der Waals surface area contributed by atoms with Crippen LogP contribution in [0.5, 0.6) is 0 Å². The van der Waals surface area contributed by atoms with Gasteiger partial charge in [-0.3, -0.25) is 5.09 Å². The largest absolute Gasteiger partial charge is 0.343 e. The summed E-state index contributed by atoms with van der Waals surface area (Å²) in [7, 11) is 0. The van der Waals surface area contributed by atoms with E-state index < -0.39 is 6.19 Å². The van der Waals surface area contributed by atoms with E-state index in [2.05, 4.69) is 71.1 Å². The molecule has 2 aromatic carbocycles. The Kier molecular flexibility index (Phi) is 4.87. The van der Waals surface area contributed by atoms with Crippen LogP contribution in [0.15, 0.2) is 60.7 Å². The Morgan fingerprint density at radius 3 is 2.05 bits per heavy atom. The van der Waals surface area contributed by atoms with Crippen LogP contribution < -0.4 is 21.0 Å². The molecule has 0 aromatic heterocycles. The fraction of sp³-hybridized carbons (Fsp3) is 0.294. The summed E-state index contributed by atoms with van der Waals surface area (Å²) in [5.74, 6) is 0. The summed E-state index contributed by atoms with van der Waals surface area (Å²) in [4.78, 5) is 0. The van der Waals surface area contributed by atoms with Crippen LogP contribution in [0, 0.1) is 0 Å². The molecule has 1 aliphatic rings. The summed E-state index contributed by atoms with van der Waals surface area (Å²) < 4.78 is 0. The van der Waals surface area contributed by atoms with Crippen LogP contribution in [0.25, 0.3) is 0 Å². The Hall–Kier alpha value is -0.990. The van der Waals surface area contributed by atoms with Crippen molar-refractivity contribution >= 4 is 28.6 Å². The van der Waals surface area contributed by atoms with E-state index in [-0.39, 0.29) is 0 Å². The highest BCUT2D eigenvalue weighted by atomic mass is 32.4. The van der Waals surface area contributed by atoms with Gasteiger partial charge in [0.1, 0.15) is 0 Å². The molecule has 0 radical (unpaired) electrons. The molecule has 1 atom stereocenters. The van der Waals surface area contributed by atoms with Crippen molar-refractivity contribution in [1.29, 1.82) is 0 Å². The van der Waals surface area contributed by atoms with Crippen LogP contribution in [0.3, 0.4) is 0 Å². The van der Waals surface area contributed by atoms with Crippen LogP contribution in [-0.2, 0) is 11.8 Å². The van der Waals surface area contributed by atoms with E-state index >= 15 is 0 Å². The van der Waals surface area contributed by atoms with Gasteiger partial charge in [0.15, 0.2) is 0 Å². The Balaban J connectivity index is 1.89. The molecule has 2 aromatic rings. The maximum atomic E-state index is 6.16. The lowest BCUT2D eigenvalue weighted by Crippen LogP contribution is -2.88. The second-order valence-electron chi connectivity index (χ2n) is 5.57. The third kappa shape index (κ3) is 3.44. The van der Waals surface area contributed by atoms with Crippen molar-refractivity contribution in [3.05, 3.63) is 60.7 Å². The average molecular weight is 317 g/mol. The standard InChI is InChI=1S/C17H21N2PS/c21-20(16-9-3-1-4-10-16,17-11-5-2-6-12-17)19-14-15-8-7-13-18-15/h1-6,9-12,15,18H,7-8,13-14H2,(H,19,21)/p+1. The topological polar surface area (TPSA) is 28.6 Å². The molecule has 0 bridgehead atoms. The van der Waals surface area contributed by atoms with Gasteiger partial charge >= 0.3 is 0 Å². The van der Waals surface area contributed by atoms with E-state index in [1.807, 2.05) is 0 Å². The molecule has 21 heavy (non-hydrogen) atoms. The number of nitrogens with two attached hydrogens (primary N) is 1. The van der Waals surface area contributed by atoms with Crippen molar-refractivity contribution in [2.45, 2.75) is 18.9 Å². The second kappa shape index (κ2) is 6.85. The van der Waals surface area contributed by atoms with Crippen molar-refractivity contribution in [2.75, 3.05) is 13.1 Å². The van der Waals surface area contributed by atoms with Crippen molar-refractivity contribution in [3.8, 4) is 0 Å². The van der Waals surface area contributed by atoms with Gasteiger partial charge in [-0.2, -0.15) is 0 Å². The molecule has 0 spiro atoms. The zero-order valence-corrected chi connectivity index (χ0v) is 13.8. The van der Waals surface area contributed by atoms with Crippen LogP contribution in [0.1, 0.15) is 12.8 Å². The minimum atomic E-state index is -1.91. The van der Waals surface area contributed by atoms with Crippen molar-refractivity contribution < 1.29 is 5.32 Å². The highest BCUT2D eigenvalue weighted by molar-refractivity contribution is 8.20. The smallest absolute Gasteiger partial charge is 0.0991 e. The quantitative estimate of drug-likeness (QED) is 0.815. The number of hydrogen-bond donors (Lipinski definition) is 2. The van der Waals surface area contributed by atoms with Crippen LogP contribution in [0.2, 0.25) is 0 Å². The van der Waals surface area contributed by atoms with E-state index in [1.54, 1.807) is 0 Å². The molecule has 4 heteroatoms. The number of nitrogens with one attached hydrogen (secondary N) is 1. The van der Waals surface area contributed by atoms with E-state index in [4.69, 9.17) is 11.8 Å². The lowest BCUT2D eigenvalue weighted by molar-refractivity contribution is -0.667. The number of benzene rings is 2. The molecular formula is C17H22N2PS+. The maximum absolute atomic E-state index is 6.16. The normalized spacial score (nSPS) is 18.8. The van der Waals surface area contributed by atoms with E-state index in [1.165, 1.54) is 30.0 Å². The van der Waals surface area contributed by atoms with E-state index in [9.17, 15) is 0 Å². The van der Waals surface area contributed by atoms with E-state index in [0.717, 1.165) is 6.54 Å². The first-order chi connectivity index (χ1) is 10.3. The first-order valence-electron chi connectivity index (χ1n) is 7.59. The Morgan fingerprint density at radius 1 is 1.00 bits per heavy atom. The summed E-state index contributed by atoms with van der Waals surface area (Å²) in [6.45, 7) is 2.26. The van der Waals surface area contributed by atoms with Crippen LogP contribution in [-0.4, -0.2) is 19.1 Å².